The number of hydrogen-bond donors (Lipinski definition) is 1. The Balaban J connectivity index is 1.78. The summed E-state index contributed by atoms with van der Waals surface area (Å²) in [6, 6.07) is 30.7. The van der Waals surface area contributed by atoms with Crippen LogP contribution in [0.25, 0.3) is 0 Å². The van der Waals surface area contributed by atoms with Gasteiger partial charge in [-0.3, -0.25) is 13.9 Å². The van der Waals surface area contributed by atoms with Crippen LogP contribution in [0.3, 0.4) is 0 Å². The Bertz CT molecular complexity index is 1630. The quantitative estimate of drug-likeness (QED) is 0.163. The molecule has 4 aromatic rings. The maximum Gasteiger partial charge on any atom is 0.264 e. The monoisotopic (exact) mass is 631 g/mol. The molecule has 2 amide bonds. The fraction of sp³-hybridized carbons (Fsp3) is 0.257. The molecule has 0 bridgehead atoms. The molecule has 0 radical (unpaired) electrons. The van der Waals surface area contributed by atoms with E-state index < -0.39 is 28.5 Å². The Morgan fingerprint density at radius 3 is 2.09 bits per heavy atom. The van der Waals surface area contributed by atoms with Crippen molar-refractivity contribution in [2.45, 2.75) is 50.6 Å². The highest BCUT2D eigenvalue weighted by Gasteiger charge is 2.34. The molecule has 1 N–H and O–H groups in total. The van der Waals surface area contributed by atoms with E-state index in [1.165, 1.54) is 29.2 Å². The first-order valence-corrected chi connectivity index (χ1v) is 16.5. The van der Waals surface area contributed by atoms with Crippen molar-refractivity contribution >= 4 is 39.1 Å². The number of carbonyl (C=O) groups excluding carboxylic acids is 2. The average molecular weight is 632 g/mol. The van der Waals surface area contributed by atoms with E-state index in [-0.39, 0.29) is 23.8 Å². The van der Waals surface area contributed by atoms with Gasteiger partial charge in [-0.15, -0.1) is 0 Å². The zero-order valence-electron chi connectivity index (χ0n) is 25.0. The SMILES string of the molecule is CCCCNC(=O)[C@H](Cc1ccccc1)N(Cc1ccccc1C)C(=O)CN(c1ccccc1)S(=O)(=O)c1ccc(Cl)cc1. The number of halogens is 1. The van der Waals surface area contributed by atoms with Crippen LogP contribution >= 0.6 is 11.6 Å². The summed E-state index contributed by atoms with van der Waals surface area (Å²) in [5, 5.41) is 3.41. The summed E-state index contributed by atoms with van der Waals surface area (Å²) in [7, 11) is -4.18. The number of aryl methyl sites for hydroxylation is 1. The minimum Gasteiger partial charge on any atom is -0.354 e. The topological polar surface area (TPSA) is 86.8 Å². The van der Waals surface area contributed by atoms with Crippen molar-refractivity contribution in [3.8, 4) is 0 Å². The van der Waals surface area contributed by atoms with Crippen LogP contribution in [-0.4, -0.2) is 44.3 Å². The van der Waals surface area contributed by atoms with E-state index in [4.69, 9.17) is 11.6 Å². The van der Waals surface area contributed by atoms with Crippen LogP contribution in [0.15, 0.2) is 114 Å². The number of anilines is 1. The summed E-state index contributed by atoms with van der Waals surface area (Å²) in [4.78, 5) is 29.8. The van der Waals surface area contributed by atoms with Gasteiger partial charge in [0.25, 0.3) is 10.0 Å². The van der Waals surface area contributed by atoms with Gasteiger partial charge >= 0.3 is 0 Å². The van der Waals surface area contributed by atoms with Gasteiger partial charge in [-0.2, -0.15) is 0 Å². The van der Waals surface area contributed by atoms with E-state index in [9.17, 15) is 18.0 Å². The minimum atomic E-state index is -4.18. The summed E-state index contributed by atoms with van der Waals surface area (Å²) in [5.74, 6) is -0.780. The van der Waals surface area contributed by atoms with Crippen LogP contribution in [0.2, 0.25) is 5.02 Å². The first-order valence-electron chi connectivity index (χ1n) is 14.7. The predicted molar refractivity (Wildman–Crippen MR) is 176 cm³/mol. The average Bonchev–Trinajstić information content (AvgIpc) is 3.03. The zero-order valence-corrected chi connectivity index (χ0v) is 26.6. The van der Waals surface area contributed by atoms with Crippen LogP contribution in [0.4, 0.5) is 5.69 Å². The molecular weight excluding hydrogens is 594 g/mol. The molecule has 44 heavy (non-hydrogen) atoms. The van der Waals surface area contributed by atoms with Crippen molar-refractivity contribution in [3.63, 3.8) is 0 Å². The van der Waals surface area contributed by atoms with Crippen molar-refractivity contribution in [2.75, 3.05) is 17.4 Å². The number of benzene rings is 4. The first kappa shape index (κ1) is 32.8. The molecule has 0 aliphatic heterocycles. The van der Waals surface area contributed by atoms with Crippen LogP contribution in [0, 0.1) is 6.92 Å². The number of amides is 2. The number of nitrogens with zero attached hydrogens (tertiary/aromatic N) is 2. The Hall–Kier alpha value is -4.14. The number of unbranched alkanes of at least 4 members (excludes halogenated alkanes) is 1. The molecule has 0 aliphatic carbocycles. The largest absolute Gasteiger partial charge is 0.354 e. The zero-order chi connectivity index (χ0) is 31.5. The molecule has 0 spiro atoms. The summed E-state index contributed by atoms with van der Waals surface area (Å²) >= 11 is 6.04. The normalized spacial score (nSPS) is 11.9. The van der Waals surface area contributed by atoms with Gasteiger partial charge in [0.1, 0.15) is 12.6 Å². The molecule has 0 aliphatic rings. The Kier molecular flexibility index (Phi) is 11.6. The molecule has 0 saturated heterocycles. The van der Waals surface area contributed by atoms with Gasteiger partial charge in [-0.1, -0.05) is 97.7 Å². The highest BCUT2D eigenvalue weighted by molar-refractivity contribution is 7.92. The smallest absolute Gasteiger partial charge is 0.264 e. The second-order valence-corrected chi connectivity index (χ2v) is 12.9. The number of carbonyl (C=O) groups is 2. The lowest BCUT2D eigenvalue weighted by molar-refractivity contribution is -0.140. The van der Waals surface area contributed by atoms with Crippen LogP contribution in [-0.2, 0) is 32.6 Å². The second-order valence-electron chi connectivity index (χ2n) is 10.6. The van der Waals surface area contributed by atoms with Crippen LogP contribution in [0.5, 0.6) is 0 Å². The van der Waals surface area contributed by atoms with Gasteiger partial charge in [-0.25, -0.2) is 8.42 Å². The fourth-order valence-electron chi connectivity index (χ4n) is 4.89. The van der Waals surface area contributed by atoms with Crippen molar-refractivity contribution < 1.29 is 18.0 Å². The van der Waals surface area contributed by atoms with Gasteiger partial charge in [0.2, 0.25) is 11.8 Å². The van der Waals surface area contributed by atoms with E-state index >= 15 is 0 Å². The molecule has 9 heteroatoms. The molecule has 0 heterocycles. The van der Waals surface area contributed by atoms with Gasteiger partial charge in [0.05, 0.1) is 10.6 Å². The van der Waals surface area contributed by atoms with Crippen molar-refractivity contribution in [3.05, 3.63) is 131 Å². The maximum absolute atomic E-state index is 14.5. The minimum absolute atomic E-state index is 0.00199. The highest BCUT2D eigenvalue weighted by atomic mass is 35.5. The van der Waals surface area contributed by atoms with E-state index in [2.05, 4.69) is 5.32 Å². The fourth-order valence-corrected chi connectivity index (χ4v) is 6.43. The molecule has 7 nitrogen and oxygen atoms in total. The summed E-state index contributed by atoms with van der Waals surface area (Å²) in [5.41, 5.74) is 3.05. The third kappa shape index (κ3) is 8.49. The number of nitrogens with one attached hydrogen (secondary N) is 1. The highest BCUT2D eigenvalue weighted by Crippen LogP contribution is 2.26. The van der Waals surface area contributed by atoms with Crippen LogP contribution < -0.4 is 9.62 Å². The van der Waals surface area contributed by atoms with E-state index in [1.807, 2.05) is 68.4 Å². The number of rotatable bonds is 14. The standard InChI is InChI=1S/C35H38ClN3O4S/c1-3-4-23-37-35(41)33(24-28-14-7-5-8-15-28)38(25-29-16-12-11-13-27(29)2)34(40)26-39(31-17-9-6-10-18-31)44(42,43)32-21-19-30(36)20-22-32/h5-22,33H,3-4,23-26H2,1-2H3,(H,37,41)/t33-/m0/s1. The molecule has 230 valence electrons. The van der Waals surface area contributed by atoms with Gasteiger partial charge in [-0.05, 0) is 66.4 Å². The Labute approximate surface area is 265 Å². The molecular formula is C35H38ClN3O4S. The first-order chi connectivity index (χ1) is 21.2. The molecule has 1 atom stereocenters. The molecule has 0 aromatic heterocycles. The lowest BCUT2D eigenvalue weighted by atomic mass is 10.0. The third-order valence-electron chi connectivity index (χ3n) is 7.43. The predicted octanol–water partition coefficient (Wildman–Crippen LogP) is 6.40. The van der Waals surface area contributed by atoms with E-state index in [1.54, 1.807) is 30.3 Å². The number of sulfonamides is 1. The van der Waals surface area contributed by atoms with Crippen LogP contribution in [0.1, 0.15) is 36.5 Å². The third-order valence-corrected chi connectivity index (χ3v) is 9.47. The number of hydrogen-bond acceptors (Lipinski definition) is 4. The summed E-state index contributed by atoms with van der Waals surface area (Å²) in [6.07, 6.45) is 1.98. The van der Waals surface area contributed by atoms with E-state index in [0.29, 0.717) is 17.3 Å². The van der Waals surface area contributed by atoms with E-state index in [0.717, 1.165) is 33.8 Å². The van der Waals surface area contributed by atoms with Gasteiger partial charge in [0, 0.05) is 24.5 Å². The van der Waals surface area contributed by atoms with Crippen molar-refractivity contribution in [2.24, 2.45) is 0 Å². The second kappa shape index (κ2) is 15.5. The van der Waals surface area contributed by atoms with Crippen molar-refractivity contribution in [1.82, 2.24) is 10.2 Å². The van der Waals surface area contributed by atoms with Gasteiger partial charge in [0.15, 0.2) is 0 Å². The number of para-hydroxylation sites is 1. The van der Waals surface area contributed by atoms with Gasteiger partial charge < -0.3 is 10.2 Å². The Morgan fingerprint density at radius 1 is 0.841 bits per heavy atom. The molecule has 4 rings (SSSR count). The maximum atomic E-state index is 14.5. The molecule has 0 unspecified atom stereocenters. The molecule has 4 aromatic carbocycles. The lowest BCUT2D eigenvalue weighted by Crippen LogP contribution is -2.53. The Morgan fingerprint density at radius 2 is 1.45 bits per heavy atom. The summed E-state index contributed by atoms with van der Waals surface area (Å²) < 4.78 is 29.1. The summed E-state index contributed by atoms with van der Waals surface area (Å²) in [6.45, 7) is 4.10. The van der Waals surface area contributed by atoms with Crippen molar-refractivity contribution in [1.29, 1.82) is 0 Å². The molecule has 0 fully saturated rings. The molecule has 0 saturated carbocycles. The lowest BCUT2D eigenvalue weighted by Gasteiger charge is -2.34.